The predicted molar refractivity (Wildman–Crippen MR) is 224 cm³/mol. The number of aryl methyl sites for hydroxylation is 2. The molecule has 0 fully saturated rings. The van der Waals surface area contributed by atoms with Crippen molar-refractivity contribution in [1.29, 1.82) is 0 Å². The number of phenolic OH excluding ortho intramolecular Hbond substituents is 1. The van der Waals surface area contributed by atoms with Gasteiger partial charge in [0.25, 0.3) is 0 Å². The summed E-state index contributed by atoms with van der Waals surface area (Å²) in [5.74, 6) is 0.188. The molecule has 0 saturated heterocycles. The zero-order valence-electron chi connectivity index (χ0n) is 30.4. The van der Waals surface area contributed by atoms with E-state index in [-0.39, 0.29) is 5.75 Å². The second kappa shape index (κ2) is 13.0. The molecule has 5 heteroatoms. The van der Waals surface area contributed by atoms with E-state index in [9.17, 15) is 5.11 Å². The van der Waals surface area contributed by atoms with Crippen molar-refractivity contribution in [2.75, 3.05) is 0 Å². The highest BCUT2D eigenvalue weighted by Crippen LogP contribution is 2.44. The van der Waals surface area contributed by atoms with Gasteiger partial charge in [0.2, 0.25) is 0 Å². The SMILES string of the molecule is Cc1cccc(-c2cccc(-c3cc(-c4ccccc4C)cc(-c4cc(-c5nc6ccccn6c5-c5ccccc5)cc5c4oc4ccccc45)n3)c2O)c1. The molecule has 0 bridgehead atoms. The molecule has 10 aromatic rings. The Labute approximate surface area is 318 Å². The number of nitrogens with zero attached hydrogens (tertiary/aromatic N) is 3. The Bertz CT molecular complexity index is 3080. The first-order valence-corrected chi connectivity index (χ1v) is 18.5. The smallest absolute Gasteiger partial charge is 0.144 e. The highest BCUT2D eigenvalue weighted by atomic mass is 16.3. The molecule has 0 amide bonds. The predicted octanol–water partition coefficient (Wildman–Crippen LogP) is 13.0. The monoisotopic (exact) mass is 709 g/mol. The Hall–Kier alpha value is -7.24. The third kappa shape index (κ3) is 5.56. The van der Waals surface area contributed by atoms with Crippen LogP contribution in [0.3, 0.4) is 0 Å². The largest absolute Gasteiger partial charge is 0.507 e. The van der Waals surface area contributed by atoms with Gasteiger partial charge in [-0.05, 0) is 84.6 Å². The van der Waals surface area contributed by atoms with Gasteiger partial charge in [-0.15, -0.1) is 0 Å². The average molecular weight is 710 g/mol. The van der Waals surface area contributed by atoms with Crippen molar-refractivity contribution in [1.82, 2.24) is 14.4 Å². The van der Waals surface area contributed by atoms with Crippen LogP contribution in [0.15, 0.2) is 174 Å². The van der Waals surface area contributed by atoms with Crippen molar-refractivity contribution in [2.24, 2.45) is 0 Å². The first-order valence-electron chi connectivity index (χ1n) is 18.5. The molecule has 0 unspecified atom stereocenters. The van der Waals surface area contributed by atoms with Crippen LogP contribution in [0.2, 0.25) is 0 Å². The highest BCUT2D eigenvalue weighted by molar-refractivity contribution is 6.11. The van der Waals surface area contributed by atoms with Crippen LogP contribution < -0.4 is 0 Å². The molecule has 4 aromatic heterocycles. The zero-order chi connectivity index (χ0) is 37.0. The molecule has 0 aliphatic carbocycles. The number of fused-ring (bicyclic) bond motifs is 4. The van der Waals surface area contributed by atoms with E-state index >= 15 is 0 Å². The van der Waals surface area contributed by atoms with Gasteiger partial charge >= 0.3 is 0 Å². The summed E-state index contributed by atoms with van der Waals surface area (Å²) in [6.07, 6.45) is 2.07. The molecular weight excluding hydrogens is 675 g/mol. The summed E-state index contributed by atoms with van der Waals surface area (Å²) in [6.45, 7) is 4.18. The number of furan rings is 1. The molecule has 55 heavy (non-hydrogen) atoms. The number of rotatable bonds is 6. The van der Waals surface area contributed by atoms with Crippen molar-refractivity contribution >= 4 is 27.6 Å². The van der Waals surface area contributed by atoms with Crippen LogP contribution in [0.5, 0.6) is 5.75 Å². The normalized spacial score (nSPS) is 11.5. The van der Waals surface area contributed by atoms with E-state index in [2.05, 4.69) is 115 Å². The lowest BCUT2D eigenvalue weighted by Crippen LogP contribution is -1.95. The van der Waals surface area contributed by atoms with Crippen LogP contribution in [0.25, 0.3) is 94.9 Å². The molecular formula is C50H35N3O2. The number of para-hydroxylation sites is 2. The Balaban J connectivity index is 1.27. The molecule has 10 rings (SSSR count). The molecule has 6 aromatic carbocycles. The fraction of sp³-hybridized carbons (Fsp3) is 0.0400. The Morgan fingerprint density at radius 1 is 0.509 bits per heavy atom. The standard InChI is InChI=1S/C50H35N3O2/c1-31-14-12-18-34(26-31)38-21-13-22-40(49(38)54)43-29-35(37-19-7-6-15-32(37)2)30-44(51-43)42-28-36(27-41-39-20-8-9-23-45(39)55-50(41)42)47-48(33-16-4-3-5-17-33)53-25-11-10-24-46(53)52-47/h3-30,54H,1-2H3. The minimum absolute atomic E-state index is 0.188. The van der Waals surface area contributed by atoms with Gasteiger partial charge in [0.15, 0.2) is 0 Å². The van der Waals surface area contributed by atoms with E-state index in [1.54, 1.807) is 0 Å². The zero-order valence-corrected chi connectivity index (χ0v) is 30.4. The topological polar surface area (TPSA) is 63.6 Å². The lowest BCUT2D eigenvalue weighted by molar-refractivity contribution is 0.479. The number of pyridine rings is 2. The lowest BCUT2D eigenvalue weighted by Gasteiger charge is -2.15. The number of imidazole rings is 1. The average Bonchev–Trinajstić information content (AvgIpc) is 3.80. The van der Waals surface area contributed by atoms with Gasteiger partial charge < -0.3 is 9.52 Å². The third-order valence-corrected chi connectivity index (χ3v) is 10.5. The van der Waals surface area contributed by atoms with Gasteiger partial charge in [0, 0.05) is 44.8 Å². The number of aromatic nitrogens is 3. The summed E-state index contributed by atoms with van der Waals surface area (Å²) in [5, 5.41) is 14.0. The van der Waals surface area contributed by atoms with Crippen molar-refractivity contribution in [3.8, 4) is 73.0 Å². The summed E-state index contributed by atoms with van der Waals surface area (Å²) in [7, 11) is 0. The van der Waals surface area contributed by atoms with E-state index < -0.39 is 0 Å². The molecule has 0 atom stereocenters. The first kappa shape index (κ1) is 32.4. The molecule has 0 saturated carbocycles. The van der Waals surface area contributed by atoms with Crippen LogP contribution in [-0.2, 0) is 0 Å². The second-order valence-electron chi connectivity index (χ2n) is 14.1. The summed E-state index contributed by atoms with van der Waals surface area (Å²) in [5.41, 5.74) is 15.2. The van der Waals surface area contributed by atoms with E-state index in [4.69, 9.17) is 14.4 Å². The molecule has 0 aliphatic heterocycles. The summed E-state index contributed by atoms with van der Waals surface area (Å²) < 4.78 is 8.87. The Morgan fingerprint density at radius 3 is 2.07 bits per heavy atom. The molecule has 0 aliphatic rings. The summed E-state index contributed by atoms with van der Waals surface area (Å²) >= 11 is 0. The van der Waals surface area contributed by atoms with Gasteiger partial charge in [-0.3, -0.25) is 4.40 Å². The van der Waals surface area contributed by atoms with Gasteiger partial charge in [-0.25, -0.2) is 9.97 Å². The van der Waals surface area contributed by atoms with Gasteiger partial charge in [-0.1, -0.05) is 121 Å². The van der Waals surface area contributed by atoms with E-state index in [0.717, 1.165) is 94.7 Å². The molecule has 0 spiro atoms. The maximum atomic E-state index is 12.0. The highest BCUT2D eigenvalue weighted by Gasteiger charge is 2.23. The fourth-order valence-corrected chi connectivity index (χ4v) is 7.88. The number of hydrogen-bond donors (Lipinski definition) is 1. The molecule has 5 nitrogen and oxygen atoms in total. The molecule has 262 valence electrons. The minimum atomic E-state index is 0.188. The first-order chi connectivity index (χ1) is 27.0. The summed E-state index contributed by atoms with van der Waals surface area (Å²) in [6, 6.07) is 55.7. The third-order valence-electron chi connectivity index (χ3n) is 10.5. The molecule has 4 heterocycles. The van der Waals surface area contributed by atoms with Crippen molar-refractivity contribution in [2.45, 2.75) is 13.8 Å². The number of benzene rings is 6. The number of hydrogen-bond acceptors (Lipinski definition) is 4. The van der Waals surface area contributed by atoms with Gasteiger partial charge in [-0.2, -0.15) is 0 Å². The van der Waals surface area contributed by atoms with E-state index in [0.29, 0.717) is 11.3 Å². The lowest BCUT2D eigenvalue weighted by atomic mass is 9.93. The molecule has 1 N–H and O–H groups in total. The number of aromatic hydroxyl groups is 1. The minimum Gasteiger partial charge on any atom is -0.507 e. The van der Waals surface area contributed by atoms with Crippen molar-refractivity contribution < 1.29 is 9.52 Å². The Kier molecular flexibility index (Phi) is 7.67. The molecule has 0 radical (unpaired) electrons. The van der Waals surface area contributed by atoms with Crippen LogP contribution in [0, 0.1) is 13.8 Å². The van der Waals surface area contributed by atoms with Crippen molar-refractivity contribution in [3.63, 3.8) is 0 Å². The van der Waals surface area contributed by atoms with Crippen LogP contribution in [0.4, 0.5) is 0 Å². The van der Waals surface area contributed by atoms with Crippen LogP contribution in [0.1, 0.15) is 11.1 Å². The van der Waals surface area contributed by atoms with E-state index in [1.807, 2.05) is 72.8 Å². The van der Waals surface area contributed by atoms with Crippen LogP contribution >= 0.6 is 0 Å². The van der Waals surface area contributed by atoms with Gasteiger partial charge in [0.1, 0.15) is 22.6 Å². The maximum Gasteiger partial charge on any atom is 0.144 e. The summed E-state index contributed by atoms with van der Waals surface area (Å²) in [4.78, 5) is 10.6. The quantitative estimate of drug-likeness (QED) is 0.187. The second-order valence-corrected chi connectivity index (χ2v) is 14.1. The van der Waals surface area contributed by atoms with E-state index in [1.165, 1.54) is 0 Å². The van der Waals surface area contributed by atoms with Crippen LogP contribution in [-0.4, -0.2) is 19.5 Å². The fourth-order valence-electron chi connectivity index (χ4n) is 7.88. The van der Waals surface area contributed by atoms with Gasteiger partial charge in [0.05, 0.1) is 22.8 Å². The van der Waals surface area contributed by atoms with Crippen molar-refractivity contribution in [3.05, 3.63) is 181 Å². The Morgan fingerprint density at radius 2 is 1.22 bits per heavy atom. The maximum absolute atomic E-state index is 12.0. The number of phenols is 1.